The molecule has 1 aliphatic heterocycles. The Kier molecular flexibility index (Phi) is 5.08. The average Bonchev–Trinajstić information content (AvgIpc) is 2.87. The molecule has 124 valence electrons. The maximum Gasteiger partial charge on any atom is 0.127 e. The summed E-state index contributed by atoms with van der Waals surface area (Å²) in [5.41, 5.74) is 1.99. The van der Waals surface area contributed by atoms with Crippen LogP contribution < -0.4 is 5.32 Å². The van der Waals surface area contributed by atoms with Crippen LogP contribution in [0.1, 0.15) is 29.9 Å². The van der Waals surface area contributed by atoms with Crippen LogP contribution in [0.25, 0.3) is 0 Å². The first kappa shape index (κ1) is 16.1. The van der Waals surface area contributed by atoms with Gasteiger partial charge in [-0.1, -0.05) is 18.2 Å². The van der Waals surface area contributed by atoms with E-state index in [1.807, 2.05) is 32.3 Å². The molecule has 0 unspecified atom stereocenters. The zero-order chi connectivity index (χ0) is 16.2. The molecule has 1 aromatic heterocycles. The lowest BCUT2D eigenvalue weighted by Crippen LogP contribution is -2.45. The quantitative estimate of drug-likeness (QED) is 0.920. The molecule has 0 saturated carbocycles. The lowest BCUT2D eigenvalue weighted by atomic mass is 10.0. The Bertz CT molecular complexity index is 652. The predicted molar refractivity (Wildman–Crippen MR) is 89.5 cm³/mol. The smallest absolute Gasteiger partial charge is 0.127 e. The molecule has 0 spiro atoms. The van der Waals surface area contributed by atoms with Crippen LogP contribution in [0.5, 0.6) is 0 Å². The van der Waals surface area contributed by atoms with Crippen LogP contribution in [0.15, 0.2) is 30.5 Å². The minimum Gasteiger partial charge on any atom is -0.334 e. The number of imidazole rings is 1. The molecule has 0 radical (unpaired) electrons. The van der Waals surface area contributed by atoms with Gasteiger partial charge in [0.05, 0.1) is 5.69 Å². The number of piperidine rings is 1. The first-order valence-corrected chi connectivity index (χ1v) is 8.30. The van der Waals surface area contributed by atoms with Gasteiger partial charge < -0.3 is 9.88 Å². The molecule has 1 aromatic carbocycles. The number of rotatable bonds is 5. The van der Waals surface area contributed by atoms with Gasteiger partial charge in [-0.15, -0.1) is 0 Å². The van der Waals surface area contributed by atoms with Crippen LogP contribution in [0, 0.1) is 12.7 Å². The van der Waals surface area contributed by atoms with Crippen molar-refractivity contribution in [1.29, 1.82) is 0 Å². The second-order valence-corrected chi connectivity index (χ2v) is 6.40. The Morgan fingerprint density at radius 3 is 2.91 bits per heavy atom. The highest BCUT2D eigenvalue weighted by Crippen LogP contribution is 2.16. The molecule has 2 aromatic rings. The van der Waals surface area contributed by atoms with E-state index >= 15 is 0 Å². The van der Waals surface area contributed by atoms with Gasteiger partial charge in [0.15, 0.2) is 0 Å². The van der Waals surface area contributed by atoms with Crippen LogP contribution in [-0.2, 0) is 20.1 Å². The number of hydrogen-bond acceptors (Lipinski definition) is 3. The van der Waals surface area contributed by atoms with E-state index in [0.717, 1.165) is 37.4 Å². The Morgan fingerprint density at radius 1 is 1.35 bits per heavy atom. The fourth-order valence-electron chi connectivity index (χ4n) is 3.20. The SMILES string of the molecule is Cc1ncc(CN[C@H]2CCCN(Cc3ccccc3F)C2)n1C. The third-order valence-corrected chi connectivity index (χ3v) is 4.75. The van der Waals surface area contributed by atoms with E-state index in [1.165, 1.54) is 12.1 Å². The Labute approximate surface area is 137 Å². The zero-order valence-corrected chi connectivity index (χ0v) is 13.9. The third kappa shape index (κ3) is 3.98. The van der Waals surface area contributed by atoms with Crippen LogP contribution >= 0.6 is 0 Å². The first-order valence-electron chi connectivity index (χ1n) is 8.30. The number of likely N-dealkylation sites (tertiary alicyclic amines) is 1. The lowest BCUT2D eigenvalue weighted by Gasteiger charge is -2.33. The standard InChI is InChI=1S/C18H25FN4/c1-14-20-10-17(22(14)2)11-21-16-7-5-9-23(13-16)12-15-6-3-4-8-18(15)19/h3-4,6,8,10,16,21H,5,7,9,11-13H2,1-2H3/t16-/m0/s1. The lowest BCUT2D eigenvalue weighted by molar-refractivity contribution is 0.180. The fraction of sp³-hybridized carbons (Fsp3) is 0.500. The minimum absolute atomic E-state index is 0.104. The van der Waals surface area contributed by atoms with Crippen molar-refractivity contribution in [1.82, 2.24) is 19.8 Å². The molecule has 0 aliphatic carbocycles. The molecular formula is C18H25FN4. The van der Waals surface area contributed by atoms with Gasteiger partial charge in [0.1, 0.15) is 11.6 Å². The highest BCUT2D eigenvalue weighted by molar-refractivity contribution is 5.17. The summed E-state index contributed by atoms with van der Waals surface area (Å²) in [6.07, 6.45) is 4.25. The number of hydrogen-bond donors (Lipinski definition) is 1. The van der Waals surface area contributed by atoms with E-state index in [1.54, 1.807) is 12.1 Å². The van der Waals surface area contributed by atoms with Crippen LogP contribution in [0.4, 0.5) is 4.39 Å². The number of halogens is 1. The van der Waals surface area contributed by atoms with Gasteiger partial charge in [0, 0.05) is 44.5 Å². The summed E-state index contributed by atoms with van der Waals surface area (Å²) in [6, 6.07) is 7.52. The molecule has 5 heteroatoms. The summed E-state index contributed by atoms with van der Waals surface area (Å²) in [6.45, 7) is 5.54. The topological polar surface area (TPSA) is 33.1 Å². The maximum atomic E-state index is 13.8. The van der Waals surface area contributed by atoms with Crippen molar-refractivity contribution >= 4 is 0 Å². The van der Waals surface area contributed by atoms with Gasteiger partial charge in [-0.25, -0.2) is 9.37 Å². The van der Waals surface area contributed by atoms with Crippen LogP contribution in [0.2, 0.25) is 0 Å². The molecule has 0 amide bonds. The molecule has 1 atom stereocenters. The Morgan fingerprint density at radius 2 is 2.17 bits per heavy atom. The van der Waals surface area contributed by atoms with E-state index in [4.69, 9.17) is 0 Å². The monoisotopic (exact) mass is 316 g/mol. The largest absolute Gasteiger partial charge is 0.334 e. The van der Waals surface area contributed by atoms with Gasteiger partial charge in [-0.05, 0) is 32.4 Å². The first-order chi connectivity index (χ1) is 11.1. The fourth-order valence-corrected chi connectivity index (χ4v) is 3.20. The normalized spacial score (nSPS) is 19.2. The number of aromatic nitrogens is 2. The second kappa shape index (κ2) is 7.23. The molecule has 3 rings (SSSR count). The predicted octanol–water partition coefficient (Wildman–Crippen LogP) is 2.62. The highest BCUT2D eigenvalue weighted by Gasteiger charge is 2.20. The van der Waals surface area contributed by atoms with Gasteiger partial charge in [-0.2, -0.15) is 0 Å². The van der Waals surface area contributed by atoms with Crippen molar-refractivity contribution in [2.24, 2.45) is 7.05 Å². The van der Waals surface area contributed by atoms with Gasteiger partial charge in [0.2, 0.25) is 0 Å². The van der Waals surface area contributed by atoms with E-state index in [-0.39, 0.29) is 5.82 Å². The molecule has 2 heterocycles. The highest BCUT2D eigenvalue weighted by atomic mass is 19.1. The minimum atomic E-state index is -0.104. The third-order valence-electron chi connectivity index (χ3n) is 4.75. The van der Waals surface area contributed by atoms with Crippen molar-refractivity contribution in [2.75, 3.05) is 13.1 Å². The Hall–Kier alpha value is -1.72. The summed E-state index contributed by atoms with van der Waals surface area (Å²) in [5, 5.41) is 3.63. The number of aryl methyl sites for hydroxylation is 1. The Balaban J connectivity index is 1.54. The van der Waals surface area contributed by atoms with E-state index < -0.39 is 0 Å². The van der Waals surface area contributed by atoms with Crippen molar-refractivity contribution in [3.63, 3.8) is 0 Å². The number of nitrogens with one attached hydrogen (secondary N) is 1. The number of nitrogens with zero attached hydrogens (tertiary/aromatic N) is 3. The molecule has 1 aliphatic rings. The summed E-state index contributed by atoms with van der Waals surface area (Å²) < 4.78 is 15.9. The second-order valence-electron chi connectivity index (χ2n) is 6.40. The van der Waals surface area contributed by atoms with Gasteiger partial charge in [-0.3, -0.25) is 4.90 Å². The maximum absolute atomic E-state index is 13.8. The van der Waals surface area contributed by atoms with Crippen LogP contribution in [0.3, 0.4) is 0 Å². The molecule has 4 nitrogen and oxygen atoms in total. The van der Waals surface area contributed by atoms with E-state index in [9.17, 15) is 4.39 Å². The van der Waals surface area contributed by atoms with Crippen molar-refractivity contribution in [2.45, 2.75) is 38.9 Å². The van der Waals surface area contributed by atoms with Crippen molar-refractivity contribution in [3.8, 4) is 0 Å². The van der Waals surface area contributed by atoms with Crippen molar-refractivity contribution < 1.29 is 4.39 Å². The summed E-state index contributed by atoms with van der Waals surface area (Å²) in [4.78, 5) is 6.67. The number of benzene rings is 1. The van der Waals surface area contributed by atoms with Crippen molar-refractivity contribution in [3.05, 3.63) is 53.4 Å². The molecular weight excluding hydrogens is 291 g/mol. The summed E-state index contributed by atoms with van der Waals surface area (Å²) >= 11 is 0. The van der Waals surface area contributed by atoms with Crippen LogP contribution in [-0.4, -0.2) is 33.6 Å². The average molecular weight is 316 g/mol. The van der Waals surface area contributed by atoms with Gasteiger partial charge >= 0.3 is 0 Å². The van der Waals surface area contributed by atoms with Gasteiger partial charge in [0.25, 0.3) is 0 Å². The molecule has 0 bridgehead atoms. The molecule has 1 N–H and O–H groups in total. The van der Waals surface area contributed by atoms with E-state index in [2.05, 4.69) is 19.8 Å². The molecule has 23 heavy (non-hydrogen) atoms. The molecule has 1 saturated heterocycles. The summed E-state index contributed by atoms with van der Waals surface area (Å²) in [7, 11) is 2.05. The zero-order valence-electron chi connectivity index (χ0n) is 13.9. The molecule has 1 fully saturated rings. The van der Waals surface area contributed by atoms with E-state index in [0.29, 0.717) is 12.6 Å². The summed E-state index contributed by atoms with van der Waals surface area (Å²) in [5.74, 6) is 0.930.